The summed E-state index contributed by atoms with van der Waals surface area (Å²) in [6, 6.07) is 15.2. The number of aromatic nitrogens is 3. The first-order chi connectivity index (χ1) is 13.1. The number of benzene rings is 2. The van der Waals surface area contributed by atoms with Gasteiger partial charge in [0.05, 0.1) is 22.4 Å². The Morgan fingerprint density at radius 3 is 2.52 bits per heavy atom. The number of sulfone groups is 1. The van der Waals surface area contributed by atoms with Crippen molar-refractivity contribution in [3.63, 3.8) is 0 Å². The normalized spacial score (nSPS) is 11.3. The molecule has 140 valence electrons. The van der Waals surface area contributed by atoms with Crippen LogP contribution in [0.2, 0.25) is 0 Å². The van der Waals surface area contributed by atoms with Crippen LogP contribution < -0.4 is 5.32 Å². The fourth-order valence-electron chi connectivity index (χ4n) is 2.69. The quantitative estimate of drug-likeness (QED) is 0.600. The van der Waals surface area contributed by atoms with Gasteiger partial charge in [0.25, 0.3) is 5.91 Å². The fraction of sp³-hybridized carbons (Fsp3) is 0.211. The molecule has 2 aromatic carbocycles. The minimum absolute atomic E-state index is 0.0441. The number of carbonyl (C=O) groups excluding carboxylic acids is 1. The lowest BCUT2D eigenvalue weighted by Crippen LogP contribution is -2.27. The SMILES string of the molecule is O=C(NCCCn1ccnn1)c1ccccc1S(=O)(=O)Cc1ccccc1. The molecule has 0 radical (unpaired) electrons. The molecule has 3 aromatic rings. The highest BCUT2D eigenvalue weighted by Gasteiger charge is 2.22. The van der Waals surface area contributed by atoms with Crippen LogP contribution in [0.15, 0.2) is 71.9 Å². The van der Waals surface area contributed by atoms with Gasteiger partial charge in [-0.3, -0.25) is 9.48 Å². The molecular formula is C19H20N4O3S. The molecule has 0 saturated carbocycles. The van der Waals surface area contributed by atoms with Crippen LogP contribution in [0.5, 0.6) is 0 Å². The first kappa shape index (κ1) is 18.8. The average Bonchev–Trinajstić information content (AvgIpc) is 3.19. The van der Waals surface area contributed by atoms with Crippen LogP contribution in [-0.2, 0) is 22.1 Å². The zero-order chi connectivity index (χ0) is 19.1. The van der Waals surface area contributed by atoms with Gasteiger partial charge < -0.3 is 5.32 Å². The molecule has 1 amide bonds. The van der Waals surface area contributed by atoms with E-state index in [1.165, 1.54) is 12.1 Å². The number of hydrogen-bond donors (Lipinski definition) is 1. The van der Waals surface area contributed by atoms with Crippen LogP contribution in [0.4, 0.5) is 0 Å². The van der Waals surface area contributed by atoms with Crippen molar-refractivity contribution < 1.29 is 13.2 Å². The van der Waals surface area contributed by atoms with Crippen LogP contribution in [-0.4, -0.2) is 35.9 Å². The van der Waals surface area contributed by atoms with Crippen LogP contribution in [0.3, 0.4) is 0 Å². The van der Waals surface area contributed by atoms with E-state index in [1.54, 1.807) is 53.5 Å². The molecule has 8 heteroatoms. The largest absolute Gasteiger partial charge is 0.352 e. The summed E-state index contributed by atoms with van der Waals surface area (Å²) in [7, 11) is -3.64. The van der Waals surface area contributed by atoms with Crippen molar-refractivity contribution in [1.82, 2.24) is 20.3 Å². The van der Waals surface area contributed by atoms with Gasteiger partial charge in [0.15, 0.2) is 9.84 Å². The molecule has 1 N–H and O–H groups in total. The molecule has 0 spiro atoms. The predicted molar refractivity (Wildman–Crippen MR) is 101 cm³/mol. The fourth-order valence-corrected chi connectivity index (χ4v) is 4.26. The van der Waals surface area contributed by atoms with Crippen molar-refractivity contribution in [3.8, 4) is 0 Å². The Morgan fingerprint density at radius 1 is 1.04 bits per heavy atom. The molecule has 0 saturated heterocycles. The predicted octanol–water partition coefficient (Wildman–Crippen LogP) is 2.07. The van der Waals surface area contributed by atoms with E-state index in [2.05, 4.69) is 15.6 Å². The van der Waals surface area contributed by atoms with Crippen molar-refractivity contribution in [1.29, 1.82) is 0 Å². The third-order valence-electron chi connectivity index (χ3n) is 3.99. The van der Waals surface area contributed by atoms with E-state index in [4.69, 9.17) is 0 Å². The highest BCUT2D eigenvalue weighted by molar-refractivity contribution is 7.90. The molecular weight excluding hydrogens is 364 g/mol. The smallest absolute Gasteiger partial charge is 0.252 e. The molecule has 27 heavy (non-hydrogen) atoms. The van der Waals surface area contributed by atoms with Gasteiger partial charge in [-0.25, -0.2) is 8.42 Å². The van der Waals surface area contributed by atoms with Gasteiger partial charge in [0, 0.05) is 19.3 Å². The third kappa shape index (κ3) is 5.01. The Balaban J connectivity index is 1.68. The summed E-state index contributed by atoms with van der Waals surface area (Å²) >= 11 is 0. The maximum Gasteiger partial charge on any atom is 0.252 e. The van der Waals surface area contributed by atoms with E-state index in [9.17, 15) is 13.2 Å². The summed E-state index contributed by atoms with van der Waals surface area (Å²) in [4.78, 5) is 12.6. The van der Waals surface area contributed by atoms with E-state index in [0.717, 1.165) is 0 Å². The second kappa shape index (κ2) is 8.59. The van der Waals surface area contributed by atoms with E-state index in [1.807, 2.05) is 6.07 Å². The first-order valence-corrected chi connectivity index (χ1v) is 10.2. The number of hydrogen-bond acceptors (Lipinski definition) is 5. The van der Waals surface area contributed by atoms with E-state index in [0.29, 0.717) is 25.1 Å². The molecule has 7 nitrogen and oxygen atoms in total. The standard InChI is InChI=1S/C19H20N4O3S/c24-19(20-11-6-13-23-14-12-21-22-23)17-9-4-5-10-18(17)27(25,26)15-16-7-2-1-3-8-16/h1-5,7-10,12,14H,6,11,13,15H2,(H,20,24). The summed E-state index contributed by atoms with van der Waals surface area (Å²) < 4.78 is 27.3. The number of carbonyl (C=O) groups is 1. The second-order valence-electron chi connectivity index (χ2n) is 6.02. The van der Waals surface area contributed by atoms with Gasteiger partial charge in [0.2, 0.25) is 0 Å². The molecule has 0 aliphatic carbocycles. The summed E-state index contributed by atoms with van der Waals surface area (Å²) in [5.41, 5.74) is 0.842. The van der Waals surface area contributed by atoms with E-state index >= 15 is 0 Å². The molecule has 1 heterocycles. The summed E-state index contributed by atoms with van der Waals surface area (Å²) in [6.07, 6.45) is 3.99. The van der Waals surface area contributed by atoms with Gasteiger partial charge in [-0.15, -0.1) is 5.10 Å². The minimum atomic E-state index is -3.64. The highest BCUT2D eigenvalue weighted by atomic mass is 32.2. The Bertz CT molecular complexity index is 987. The molecule has 0 aliphatic heterocycles. The Labute approximate surface area is 158 Å². The number of amides is 1. The zero-order valence-electron chi connectivity index (χ0n) is 14.7. The molecule has 0 atom stereocenters. The molecule has 3 rings (SSSR count). The van der Waals surface area contributed by atoms with Crippen LogP contribution in [0, 0.1) is 0 Å². The lowest BCUT2D eigenvalue weighted by molar-refractivity contribution is 0.0949. The van der Waals surface area contributed by atoms with E-state index < -0.39 is 15.7 Å². The van der Waals surface area contributed by atoms with Crippen LogP contribution in [0.1, 0.15) is 22.3 Å². The third-order valence-corrected chi connectivity index (χ3v) is 5.73. The van der Waals surface area contributed by atoms with Gasteiger partial charge >= 0.3 is 0 Å². The number of aryl methyl sites for hydroxylation is 1. The summed E-state index contributed by atoms with van der Waals surface area (Å²) in [5.74, 6) is -0.550. The Kier molecular flexibility index (Phi) is 5.97. The van der Waals surface area contributed by atoms with Crippen molar-refractivity contribution in [3.05, 3.63) is 78.1 Å². The minimum Gasteiger partial charge on any atom is -0.352 e. The molecule has 0 aliphatic rings. The summed E-state index contributed by atoms with van der Waals surface area (Å²) in [5, 5.41) is 10.3. The van der Waals surface area contributed by atoms with Crippen molar-refractivity contribution in [2.24, 2.45) is 0 Å². The molecule has 0 unspecified atom stereocenters. The molecule has 1 aromatic heterocycles. The van der Waals surface area contributed by atoms with Crippen molar-refractivity contribution in [2.75, 3.05) is 6.54 Å². The number of nitrogens with zero attached hydrogens (tertiary/aromatic N) is 3. The lowest BCUT2D eigenvalue weighted by Gasteiger charge is -2.11. The Morgan fingerprint density at radius 2 is 1.78 bits per heavy atom. The number of nitrogens with one attached hydrogen (secondary N) is 1. The molecule has 0 bridgehead atoms. The zero-order valence-corrected chi connectivity index (χ0v) is 15.5. The van der Waals surface area contributed by atoms with Gasteiger partial charge in [0.1, 0.15) is 0 Å². The van der Waals surface area contributed by atoms with Gasteiger partial charge in [-0.05, 0) is 24.1 Å². The van der Waals surface area contributed by atoms with Crippen molar-refractivity contribution in [2.45, 2.75) is 23.6 Å². The van der Waals surface area contributed by atoms with Gasteiger partial charge in [-0.1, -0.05) is 47.7 Å². The maximum absolute atomic E-state index is 12.8. The second-order valence-corrected chi connectivity index (χ2v) is 7.97. The number of rotatable bonds is 8. The maximum atomic E-state index is 12.8. The van der Waals surface area contributed by atoms with Crippen LogP contribution in [0.25, 0.3) is 0 Å². The van der Waals surface area contributed by atoms with E-state index in [-0.39, 0.29) is 16.2 Å². The van der Waals surface area contributed by atoms with Gasteiger partial charge in [-0.2, -0.15) is 0 Å². The van der Waals surface area contributed by atoms with Crippen LogP contribution >= 0.6 is 0 Å². The monoisotopic (exact) mass is 384 g/mol. The highest BCUT2D eigenvalue weighted by Crippen LogP contribution is 2.20. The topological polar surface area (TPSA) is 93.9 Å². The first-order valence-electron chi connectivity index (χ1n) is 8.54. The van der Waals surface area contributed by atoms with Crippen molar-refractivity contribution >= 4 is 15.7 Å². The lowest BCUT2D eigenvalue weighted by atomic mass is 10.2. The average molecular weight is 384 g/mol. The summed E-state index contributed by atoms with van der Waals surface area (Å²) in [6.45, 7) is 1.03. The molecule has 0 fully saturated rings. The Hall–Kier alpha value is -3.00.